The molecule has 0 saturated carbocycles. The highest BCUT2D eigenvalue weighted by Crippen LogP contribution is 2.42. The highest BCUT2D eigenvalue weighted by molar-refractivity contribution is 6.25. The molecule has 0 radical (unpaired) electrons. The first-order chi connectivity index (χ1) is 26.7. The first kappa shape index (κ1) is 33.0. The van der Waals surface area contributed by atoms with Gasteiger partial charge in [0.1, 0.15) is 5.84 Å². The van der Waals surface area contributed by atoms with E-state index in [1.807, 2.05) is 30.3 Å². The van der Waals surface area contributed by atoms with Crippen LogP contribution >= 0.6 is 0 Å². The smallest absolute Gasteiger partial charge is 0.156 e. The van der Waals surface area contributed by atoms with Crippen LogP contribution in [-0.2, 0) is 6.54 Å². The van der Waals surface area contributed by atoms with Gasteiger partial charge < -0.3 is 5.73 Å². The lowest BCUT2D eigenvalue weighted by atomic mass is 9.87. The van der Waals surface area contributed by atoms with E-state index >= 15 is 0 Å². The predicted octanol–water partition coefficient (Wildman–Crippen LogP) is 12.7. The van der Waals surface area contributed by atoms with Crippen LogP contribution in [0.4, 0.5) is 0 Å². The summed E-state index contributed by atoms with van der Waals surface area (Å²) in [6.45, 7) is 0.462. The zero-order chi connectivity index (χ0) is 36.3. The van der Waals surface area contributed by atoms with Gasteiger partial charge in [-0.15, -0.1) is 0 Å². The van der Waals surface area contributed by atoms with Crippen molar-refractivity contribution in [2.45, 2.75) is 19.4 Å². The minimum absolute atomic E-state index is 0.458. The maximum Gasteiger partial charge on any atom is 0.156 e. The Balaban J connectivity index is 1.14. The van der Waals surface area contributed by atoms with Crippen LogP contribution in [-0.4, -0.2) is 11.7 Å². The second-order valence-electron chi connectivity index (χ2n) is 13.7. The van der Waals surface area contributed by atoms with Gasteiger partial charge in [-0.25, -0.2) is 4.99 Å². The monoisotopic (exact) mass is 693 g/mol. The average Bonchev–Trinajstić information content (AvgIpc) is 3.25. The summed E-state index contributed by atoms with van der Waals surface area (Å²) in [6, 6.07) is 60.5. The first-order valence-electron chi connectivity index (χ1n) is 18.6. The molecule has 0 aliphatic heterocycles. The molecule has 8 aromatic carbocycles. The van der Waals surface area contributed by atoms with Crippen molar-refractivity contribution in [3.05, 3.63) is 205 Å². The number of amidine groups is 2. The van der Waals surface area contributed by atoms with Gasteiger partial charge in [0, 0.05) is 11.1 Å². The van der Waals surface area contributed by atoms with Crippen LogP contribution in [0.1, 0.15) is 24.0 Å². The summed E-state index contributed by atoms with van der Waals surface area (Å²) in [5.74, 6) is 1.11. The number of allylic oxidation sites excluding steroid dienone is 2. The second kappa shape index (κ2) is 14.7. The van der Waals surface area contributed by atoms with E-state index in [4.69, 9.17) is 15.7 Å². The first-order valence-corrected chi connectivity index (χ1v) is 18.6. The largest absolute Gasteiger partial charge is 0.383 e. The molecule has 0 atom stereocenters. The van der Waals surface area contributed by atoms with Gasteiger partial charge in [-0.1, -0.05) is 182 Å². The quantitative estimate of drug-likeness (QED) is 0.101. The maximum absolute atomic E-state index is 6.54. The fourth-order valence-electron chi connectivity index (χ4n) is 7.84. The van der Waals surface area contributed by atoms with Crippen molar-refractivity contribution >= 4 is 44.0 Å². The van der Waals surface area contributed by atoms with E-state index in [-0.39, 0.29) is 0 Å². The number of hydrogen-bond acceptors (Lipinski definition) is 1. The summed E-state index contributed by atoms with van der Waals surface area (Å²) in [6.07, 6.45) is 8.47. The summed E-state index contributed by atoms with van der Waals surface area (Å²) in [5.41, 5.74) is 16.6. The second-order valence-corrected chi connectivity index (χ2v) is 13.7. The summed E-state index contributed by atoms with van der Waals surface area (Å²) in [5, 5.41) is 7.66. The van der Waals surface area contributed by atoms with E-state index in [1.165, 1.54) is 60.1 Å². The van der Waals surface area contributed by atoms with Gasteiger partial charge in [0.15, 0.2) is 5.84 Å². The molecule has 0 amide bonds. The molecule has 0 heterocycles. The Hall–Kier alpha value is -6.84. The predicted molar refractivity (Wildman–Crippen MR) is 230 cm³/mol. The lowest BCUT2D eigenvalue weighted by molar-refractivity contribution is 1.02. The molecule has 3 nitrogen and oxygen atoms in total. The zero-order valence-electron chi connectivity index (χ0n) is 30.0. The van der Waals surface area contributed by atoms with Crippen molar-refractivity contribution in [2.24, 2.45) is 15.7 Å². The Morgan fingerprint density at radius 3 is 1.65 bits per heavy atom. The number of aliphatic imine (C=N–C) groups is 2. The summed E-state index contributed by atoms with van der Waals surface area (Å²) in [7, 11) is 0. The molecule has 0 spiro atoms. The van der Waals surface area contributed by atoms with Crippen LogP contribution in [0.25, 0.3) is 65.7 Å². The lowest BCUT2D eigenvalue weighted by Crippen LogP contribution is -2.16. The minimum atomic E-state index is 0.458. The average molecular weight is 694 g/mol. The van der Waals surface area contributed by atoms with Gasteiger partial charge in [-0.3, -0.25) is 4.99 Å². The number of hydrogen-bond donors (Lipinski definition) is 1. The third-order valence-corrected chi connectivity index (χ3v) is 10.5. The Morgan fingerprint density at radius 2 is 1.00 bits per heavy atom. The Bertz CT molecular complexity index is 2770. The number of fused-ring (bicyclic) bond motifs is 6. The molecule has 0 saturated heterocycles. The standard InChI is InChI=1S/C51H39N3/c52-50(35-17-3-1-4-18-35)54-51(36-19-5-2-6-20-36)53-34-38-21-7-8-23-40(38)42-25-11-12-26-43(42)41-24-10-9-22-39(41)37-31-32-48-46-29-14-13-27-44(46)45-28-15-16-30-47(45)49(48)33-37/h1,3-5,7-33H,2,6,34H2,(H2,52,53,54). The summed E-state index contributed by atoms with van der Waals surface area (Å²) in [4.78, 5) is 10.0. The van der Waals surface area contributed by atoms with Gasteiger partial charge in [0.05, 0.1) is 6.54 Å². The Labute approximate surface area is 316 Å². The van der Waals surface area contributed by atoms with Crippen LogP contribution in [0, 0.1) is 0 Å². The van der Waals surface area contributed by atoms with E-state index in [9.17, 15) is 0 Å². The highest BCUT2D eigenvalue weighted by Gasteiger charge is 2.17. The van der Waals surface area contributed by atoms with Crippen molar-refractivity contribution in [1.29, 1.82) is 0 Å². The molecular formula is C51H39N3. The van der Waals surface area contributed by atoms with Crippen molar-refractivity contribution in [3.63, 3.8) is 0 Å². The molecule has 54 heavy (non-hydrogen) atoms. The molecule has 0 fully saturated rings. The van der Waals surface area contributed by atoms with Crippen molar-refractivity contribution in [3.8, 4) is 33.4 Å². The molecule has 0 aromatic heterocycles. The fourth-order valence-corrected chi connectivity index (χ4v) is 7.84. The third-order valence-electron chi connectivity index (χ3n) is 10.5. The van der Waals surface area contributed by atoms with Crippen molar-refractivity contribution < 1.29 is 0 Å². The van der Waals surface area contributed by atoms with Crippen LogP contribution in [0.2, 0.25) is 0 Å². The van der Waals surface area contributed by atoms with E-state index < -0.39 is 0 Å². The molecule has 8 aromatic rings. The molecule has 3 heteroatoms. The topological polar surface area (TPSA) is 50.7 Å². The molecule has 1 aliphatic carbocycles. The summed E-state index contributed by atoms with van der Waals surface area (Å²) >= 11 is 0. The summed E-state index contributed by atoms with van der Waals surface area (Å²) < 4.78 is 0. The molecule has 0 bridgehead atoms. The normalized spacial score (nSPS) is 13.4. The lowest BCUT2D eigenvalue weighted by Gasteiger charge is -2.17. The van der Waals surface area contributed by atoms with Crippen molar-refractivity contribution in [2.75, 3.05) is 0 Å². The number of benzene rings is 8. The SMILES string of the molecule is NC(=NC(=NCc1ccccc1-c1ccccc1-c1ccccc1-c1ccc2c3ccccc3c3ccccc3c2c1)C1=CCCC=C1)c1ccccc1. The number of nitrogens with zero attached hydrogens (tertiary/aromatic N) is 2. The number of nitrogens with two attached hydrogens (primary N) is 1. The Morgan fingerprint density at radius 1 is 0.481 bits per heavy atom. The zero-order valence-corrected chi connectivity index (χ0v) is 30.0. The molecule has 9 rings (SSSR count). The van der Waals surface area contributed by atoms with Gasteiger partial charge in [0.25, 0.3) is 0 Å². The molecule has 258 valence electrons. The van der Waals surface area contributed by atoms with Crippen molar-refractivity contribution in [1.82, 2.24) is 0 Å². The minimum Gasteiger partial charge on any atom is -0.383 e. The van der Waals surface area contributed by atoms with Crippen LogP contribution in [0.15, 0.2) is 204 Å². The third kappa shape index (κ3) is 6.31. The number of rotatable bonds is 7. The van der Waals surface area contributed by atoms with Crippen LogP contribution in [0.3, 0.4) is 0 Å². The highest BCUT2D eigenvalue weighted by atomic mass is 15.0. The maximum atomic E-state index is 6.54. The van der Waals surface area contributed by atoms with Gasteiger partial charge in [-0.05, 0) is 90.2 Å². The molecule has 0 unspecified atom stereocenters. The molecule has 1 aliphatic rings. The van der Waals surface area contributed by atoms with Crippen LogP contribution < -0.4 is 5.73 Å². The Kier molecular flexibility index (Phi) is 8.96. The molecular weight excluding hydrogens is 655 g/mol. The van der Waals surface area contributed by atoms with Gasteiger partial charge >= 0.3 is 0 Å². The van der Waals surface area contributed by atoms with Crippen LogP contribution in [0.5, 0.6) is 0 Å². The van der Waals surface area contributed by atoms with Gasteiger partial charge in [-0.2, -0.15) is 0 Å². The van der Waals surface area contributed by atoms with E-state index in [0.29, 0.717) is 18.2 Å². The van der Waals surface area contributed by atoms with E-state index in [0.717, 1.165) is 35.1 Å². The van der Waals surface area contributed by atoms with Gasteiger partial charge in [0.2, 0.25) is 0 Å². The van der Waals surface area contributed by atoms with E-state index in [1.54, 1.807) is 0 Å². The molecule has 2 N–H and O–H groups in total. The van der Waals surface area contributed by atoms with E-state index in [2.05, 4.69) is 158 Å². The fraction of sp³-hybridized carbons (Fsp3) is 0.0588.